The standard InChI is InChI=1S/C18H21N3O2.C8H16.C4H10.C2H4O/c1-4-13-5-7-14(8-6-13)10-20-17(23)16-9-15(11-22)19-21(16)12-18(20,2)3;1-7-3-5-8(2)6-4-7;1-3-4-2;1-2-3/h5-9,11H,4,10,12H2,1-3H3;7-8H,3-6H2,1-2H3;3-4H2,1-2H3;2H,1H3. The van der Waals surface area contributed by atoms with Gasteiger partial charge < -0.3 is 9.69 Å². The zero-order valence-corrected chi connectivity index (χ0v) is 25.1. The Hall–Kier alpha value is -2.76. The van der Waals surface area contributed by atoms with Crippen LogP contribution in [0.4, 0.5) is 0 Å². The highest BCUT2D eigenvalue weighted by Gasteiger charge is 2.39. The van der Waals surface area contributed by atoms with E-state index in [1.165, 1.54) is 51.0 Å². The Balaban J connectivity index is 0.000000395. The van der Waals surface area contributed by atoms with Gasteiger partial charge in [0.1, 0.15) is 17.7 Å². The summed E-state index contributed by atoms with van der Waals surface area (Å²) in [5.41, 5.74) is 2.81. The van der Waals surface area contributed by atoms with Crippen LogP contribution < -0.4 is 0 Å². The summed E-state index contributed by atoms with van der Waals surface area (Å²) < 4.78 is 1.64. The van der Waals surface area contributed by atoms with E-state index >= 15 is 0 Å². The quantitative estimate of drug-likeness (QED) is 0.378. The van der Waals surface area contributed by atoms with E-state index in [1.807, 2.05) is 18.7 Å². The molecular weight excluding hydrogens is 474 g/mol. The summed E-state index contributed by atoms with van der Waals surface area (Å²) in [5, 5.41) is 4.18. The summed E-state index contributed by atoms with van der Waals surface area (Å²) in [6, 6.07) is 9.92. The molecule has 0 atom stereocenters. The highest BCUT2D eigenvalue weighted by atomic mass is 16.2. The number of carbonyl (C=O) groups excluding carboxylic acids is 3. The van der Waals surface area contributed by atoms with Crippen LogP contribution in [-0.4, -0.2) is 38.7 Å². The van der Waals surface area contributed by atoms with Crippen molar-refractivity contribution in [2.24, 2.45) is 11.8 Å². The Kier molecular flexibility index (Phi) is 14.8. The number of amides is 1. The van der Waals surface area contributed by atoms with Crippen molar-refractivity contribution in [2.75, 3.05) is 0 Å². The molecule has 0 saturated heterocycles. The summed E-state index contributed by atoms with van der Waals surface area (Å²) in [4.78, 5) is 34.4. The molecule has 2 aliphatic rings. The van der Waals surface area contributed by atoms with Crippen LogP contribution in [-0.2, 0) is 24.3 Å². The molecule has 2 heterocycles. The summed E-state index contributed by atoms with van der Waals surface area (Å²) >= 11 is 0. The van der Waals surface area contributed by atoms with Gasteiger partial charge in [0.05, 0.1) is 12.1 Å². The molecule has 1 saturated carbocycles. The predicted molar refractivity (Wildman–Crippen MR) is 157 cm³/mol. The molecule has 0 spiro atoms. The van der Waals surface area contributed by atoms with E-state index in [2.05, 4.69) is 64.0 Å². The molecule has 2 aromatic rings. The summed E-state index contributed by atoms with van der Waals surface area (Å²) in [5.74, 6) is 1.96. The van der Waals surface area contributed by atoms with Gasteiger partial charge in [0, 0.05) is 6.54 Å². The van der Waals surface area contributed by atoms with Gasteiger partial charge in [0.25, 0.3) is 5.91 Å². The lowest BCUT2D eigenvalue weighted by Gasteiger charge is -2.42. The minimum atomic E-state index is -0.361. The van der Waals surface area contributed by atoms with E-state index in [1.54, 1.807) is 10.7 Å². The minimum absolute atomic E-state index is 0.0820. The van der Waals surface area contributed by atoms with Crippen molar-refractivity contribution in [3.05, 3.63) is 52.8 Å². The Labute approximate surface area is 231 Å². The average molecular weight is 526 g/mol. The first-order valence-electron chi connectivity index (χ1n) is 14.4. The number of aldehydes is 2. The van der Waals surface area contributed by atoms with Crippen molar-refractivity contribution in [2.45, 2.75) is 119 Å². The zero-order valence-electron chi connectivity index (χ0n) is 25.1. The molecule has 0 radical (unpaired) electrons. The lowest BCUT2D eigenvalue weighted by atomic mass is 9.84. The van der Waals surface area contributed by atoms with Crippen LogP contribution in [0.2, 0.25) is 0 Å². The van der Waals surface area contributed by atoms with Crippen LogP contribution >= 0.6 is 0 Å². The van der Waals surface area contributed by atoms with Crippen molar-refractivity contribution in [1.29, 1.82) is 0 Å². The van der Waals surface area contributed by atoms with E-state index < -0.39 is 0 Å². The second-order valence-electron chi connectivity index (χ2n) is 11.2. The van der Waals surface area contributed by atoms with Crippen LogP contribution in [0.1, 0.15) is 126 Å². The molecule has 1 aromatic carbocycles. The number of nitrogens with zero attached hydrogens (tertiary/aromatic N) is 3. The second-order valence-corrected chi connectivity index (χ2v) is 11.2. The fourth-order valence-electron chi connectivity index (χ4n) is 4.43. The number of aromatic nitrogens is 2. The second kappa shape index (κ2) is 17.0. The van der Waals surface area contributed by atoms with Crippen molar-refractivity contribution in [3.8, 4) is 0 Å². The van der Waals surface area contributed by atoms with Gasteiger partial charge in [-0.1, -0.05) is 97.4 Å². The molecule has 212 valence electrons. The van der Waals surface area contributed by atoms with Crippen LogP contribution in [0.15, 0.2) is 30.3 Å². The Morgan fingerprint density at radius 2 is 1.39 bits per heavy atom. The Morgan fingerprint density at radius 1 is 0.921 bits per heavy atom. The predicted octanol–water partition coefficient (Wildman–Crippen LogP) is 7.54. The summed E-state index contributed by atoms with van der Waals surface area (Å²) in [7, 11) is 0. The lowest BCUT2D eigenvalue weighted by molar-refractivity contribution is -0.106. The average Bonchev–Trinajstić information content (AvgIpc) is 3.32. The van der Waals surface area contributed by atoms with E-state index in [4.69, 9.17) is 4.79 Å². The minimum Gasteiger partial charge on any atom is -0.326 e. The third-order valence-electron chi connectivity index (χ3n) is 7.23. The van der Waals surface area contributed by atoms with Crippen LogP contribution in [0.25, 0.3) is 0 Å². The van der Waals surface area contributed by atoms with Crippen LogP contribution in [0.3, 0.4) is 0 Å². The number of unbranched alkanes of at least 4 members (excludes halogenated alkanes) is 1. The molecule has 1 amide bonds. The van der Waals surface area contributed by atoms with Gasteiger partial charge in [-0.05, 0) is 56.2 Å². The van der Waals surface area contributed by atoms with E-state index in [0.29, 0.717) is 30.8 Å². The summed E-state index contributed by atoms with van der Waals surface area (Å²) in [6.07, 6.45) is 11.0. The maximum atomic E-state index is 12.8. The van der Waals surface area contributed by atoms with Gasteiger partial charge in [-0.25, -0.2) is 0 Å². The van der Waals surface area contributed by atoms with Gasteiger partial charge in [-0.15, -0.1) is 0 Å². The first kappa shape index (κ1) is 33.3. The smallest absolute Gasteiger partial charge is 0.272 e. The monoisotopic (exact) mass is 525 g/mol. The van der Waals surface area contributed by atoms with E-state index in [9.17, 15) is 9.59 Å². The number of benzene rings is 1. The van der Waals surface area contributed by atoms with Crippen LogP contribution in [0.5, 0.6) is 0 Å². The molecule has 1 aliphatic carbocycles. The molecule has 38 heavy (non-hydrogen) atoms. The Morgan fingerprint density at radius 3 is 1.82 bits per heavy atom. The van der Waals surface area contributed by atoms with E-state index in [0.717, 1.165) is 30.1 Å². The first-order valence-corrected chi connectivity index (χ1v) is 14.4. The highest BCUT2D eigenvalue weighted by Crippen LogP contribution is 2.29. The molecule has 1 aliphatic heterocycles. The topological polar surface area (TPSA) is 72.3 Å². The van der Waals surface area contributed by atoms with E-state index in [-0.39, 0.29) is 11.4 Å². The maximum absolute atomic E-state index is 12.8. The zero-order chi connectivity index (χ0) is 28.7. The SMILES string of the molecule is CC1CCC(C)CC1.CC=O.CCCC.CCc1ccc(CN2C(=O)c3cc(C=O)nn3CC2(C)C)cc1. The number of hydrogen-bond acceptors (Lipinski definition) is 4. The Bertz CT molecular complexity index is 958. The summed E-state index contributed by atoms with van der Waals surface area (Å²) in [6.45, 7) is 17.8. The third kappa shape index (κ3) is 10.5. The fourth-order valence-corrected chi connectivity index (χ4v) is 4.43. The molecule has 4 rings (SSSR count). The van der Waals surface area contributed by atoms with Crippen molar-refractivity contribution < 1.29 is 14.4 Å². The number of fused-ring (bicyclic) bond motifs is 1. The molecule has 1 aromatic heterocycles. The maximum Gasteiger partial charge on any atom is 0.272 e. The van der Waals surface area contributed by atoms with Gasteiger partial charge in [0.15, 0.2) is 6.29 Å². The van der Waals surface area contributed by atoms with Gasteiger partial charge in [0.2, 0.25) is 0 Å². The first-order chi connectivity index (χ1) is 18.1. The van der Waals surface area contributed by atoms with Gasteiger partial charge in [-0.3, -0.25) is 14.3 Å². The van der Waals surface area contributed by atoms with Crippen molar-refractivity contribution >= 4 is 18.5 Å². The normalized spacial score (nSPS) is 19.4. The van der Waals surface area contributed by atoms with Crippen molar-refractivity contribution in [3.63, 3.8) is 0 Å². The van der Waals surface area contributed by atoms with Gasteiger partial charge in [-0.2, -0.15) is 5.10 Å². The molecule has 0 N–H and O–H groups in total. The molecule has 0 bridgehead atoms. The largest absolute Gasteiger partial charge is 0.326 e. The molecule has 0 unspecified atom stereocenters. The number of rotatable bonds is 5. The molecular formula is C32H51N3O3. The van der Waals surface area contributed by atoms with Crippen molar-refractivity contribution in [1.82, 2.24) is 14.7 Å². The highest BCUT2D eigenvalue weighted by molar-refractivity contribution is 5.95. The number of hydrogen-bond donors (Lipinski definition) is 0. The lowest BCUT2D eigenvalue weighted by Crippen LogP contribution is -2.54. The molecule has 1 fully saturated rings. The molecule has 6 nitrogen and oxygen atoms in total. The van der Waals surface area contributed by atoms with Crippen LogP contribution in [0, 0.1) is 11.8 Å². The number of carbonyl (C=O) groups is 3. The molecule has 6 heteroatoms. The number of aryl methyl sites for hydroxylation is 1. The fraction of sp³-hybridized carbons (Fsp3) is 0.625. The third-order valence-corrected chi connectivity index (χ3v) is 7.23. The van der Waals surface area contributed by atoms with Gasteiger partial charge >= 0.3 is 0 Å².